The number of carbonyl (C=O) groups excluding carboxylic acids is 1. The highest BCUT2D eigenvalue weighted by atomic mass is 35.5. The van der Waals surface area contributed by atoms with Crippen molar-refractivity contribution in [3.63, 3.8) is 0 Å². The molecule has 1 fully saturated rings. The largest absolute Gasteiger partial charge is 0.484 e. The van der Waals surface area contributed by atoms with Gasteiger partial charge in [-0.05, 0) is 36.4 Å². The lowest BCUT2D eigenvalue weighted by molar-refractivity contribution is -0.137. The van der Waals surface area contributed by atoms with Crippen molar-refractivity contribution in [2.45, 2.75) is 6.18 Å². The molecule has 0 bridgehead atoms. The fourth-order valence-corrected chi connectivity index (χ4v) is 2.83. The van der Waals surface area contributed by atoms with E-state index in [9.17, 15) is 18.0 Å². The lowest BCUT2D eigenvalue weighted by Gasteiger charge is -2.35. The van der Waals surface area contributed by atoms with Crippen LogP contribution in [0.5, 0.6) is 5.75 Å². The molecule has 1 aliphatic rings. The summed E-state index contributed by atoms with van der Waals surface area (Å²) in [6.07, 6.45) is -2.82. The molecule has 0 unspecified atom stereocenters. The molecule has 1 aliphatic heterocycles. The summed E-state index contributed by atoms with van der Waals surface area (Å²) in [4.78, 5) is 20.2. The van der Waals surface area contributed by atoms with Gasteiger partial charge in [-0.3, -0.25) is 4.79 Å². The number of hydrogen-bond donors (Lipinski definition) is 0. The number of ether oxygens (including phenoxy) is 1. The summed E-state index contributed by atoms with van der Waals surface area (Å²) >= 11 is 5.83. The zero-order valence-electron chi connectivity index (χ0n) is 14.2. The number of rotatable bonds is 4. The number of aromatic nitrogens is 1. The fourth-order valence-electron chi connectivity index (χ4n) is 2.72. The van der Waals surface area contributed by atoms with Crippen molar-refractivity contribution in [2.75, 3.05) is 37.7 Å². The van der Waals surface area contributed by atoms with Gasteiger partial charge in [-0.2, -0.15) is 13.2 Å². The average molecular weight is 400 g/mol. The third-order valence-corrected chi connectivity index (χ3v) is 4.44. The first-order valence-electron chi connectivity index (χ1n) is 8.27. The molecular formula is C18H17ClF3N3O2. The molecule has 1 aromatic carbocycles. The molecule has 144 valence electrons. The van der Waals surface area contributed by atoms with Gasteiger partial charge in [-0.1, -0.05) is 11.6 Å². The molecule has 0 radical (unpaired) electrons. The fraction of sp³-hybridized carbons (Fsp3) is 0.333. The summed E-state index contributed by atoms with van der Waals surface area (Å²) in [5.74, 6) is 0.812. The molecule has 5 nitrogen and oxygen atoms in total. The molecule has 9 heteroatoms. The lowest BCUT2D eigenvalue weighted by Crippen LogP contribution is -2.50. The number of benzene rings is 1. The summed E-state index contributed by atoms with van der Waals surface area (Å²) in [5.41, 5.74) is -0.756. The van der Waals surface area contributed by atoms with E-state index in [1.54, 1.807) is 17.2 Å². The highest BCUT2D eigenvalue weighted by molar-refractivity contribution is 6.30. The van der Waals surface area contributed by atoms with Gasteiger partial charge in [0, 0.05) is 32.4 Å². The molecule has 0 N–H and O–H groups in total. The maximum atomic E-state index is 12.5. The van der Waals surface area contributed by atoms with E-state index in [-0.39, 0.29) is 18.3 Å². The molecule has 1 saturated heterocycles. The topological polar surface area (TPSA) is 45.7 Å². The van der Waals surface area contributed by atoms with E-state index in [2.05, 4.69) is 9.88 Å². The number of anilines is 1. The van der Waals surface area contributed by atoms with Crippen LogP contribution >= 0.6 is 11.6 Å². The third kappa shape index (κ3) is 5.03. The molecule has 0 aliphatic carbocycles. The van der Waals surface area contributed by atoms with Gasteiger partial charge in [0.05, 0.1) is 10.6 Å². The van der Waals surface area contributed by atoms with Crippen molar-refractivity contribution in [3.05, 3.63) is 53.2 Å². The quantitative estimate of drug-likeness (QED) is 0.789. The van der Waals surface area contributed by atoms with Crippen LogP contribution in [0.3, 0.4) is 0 Å². The van der Waals surface area contributed by atoms with E-state index in [1.807, 2.05) is 6.07 Å². The summed E-state index contributed by atoms with van der Waals surface area (Å²) < 4.78 is 42.9. The van der Waals surface area contributed by atoms with Crippen LogP contribution in [-0.2, 0) is 11.0 Å². The number of amides is 1. The Balaban J connectivity index is 1.47. The minimum Gasteiger partial charge on any atom is -0.484 e. The first-order chi connectivity index (χ1) is 12.8. The van der Waals surface area contributed by atoms with E-state index in [0.717, 1.165) is 18.0 Å². The maximum Gasteiger partial charge on any atom is 0.416 e. The van der Waals surface area contributed by atoms with E-state index in [4.69, 9.17) is 16.3 Å². The minimum atomic E-state index is -4.40. The van der Waals surface area contributed by atoms with Crippen LogP contribution < -0.4 is 9.64 Å². The second-order valence-corrected chi connectivity index (χ2v) is 6.45. The molecule has 1 amide bonds. The number of carbonyl (C=O) groups is 1. The zero-order valence-corrected chi connectivity index (χ0v) is 15.0. The standard InChI is InChI=1S/C18H17ClF3N3O2/c19-14-3-6-16(23-11-14)24-7-9-25(10-8-24)17(26)12-27-15-4-1-13(2-5-15)18(20,21)22/h1-6,11H,7-10,12H2. The summed E-state index contributed by atoms with van der Waals surface area (Å²) in [6, 6.07) is 7.86. The SMILES string of the molecule is O=C(COc1ccc(C(F)(F)F)cc1)N1CCN(c2ccc(Cl)cn2)CC1. The number of hydrogen-bond acceptors (Lipinski definition) is 4. The van der Waals surface area contributed by atoms with E-state index in [1.165, 1.54) is 12.1 Å². The first-order valence-corrected chi connectivity index (χ1v) is 8.65. The van der Waals surface area contributed by atoms with Crippen LogP contribution in [0.2, 0.25) is 5.02 Å². The van der Waals surface area contributed by atoms with Gasteiger partial charge in [0.25, 0.3) is 5.91 Å². The molecule has 0 atom stereocenters. The average Bonchev–Trinajstić information content (AvgIpc) is 2.66. The van der Waals surface area contributed by atoms with Gasteiger partial charge in [0.15, 0.2) is 6.61 Å². The monoisotopic (exact) mass is 399 g/mol. The summed E-state index contributed by atoms with van der Waals surface area (Å²) in [6.45, 7) is 2.06. The van der Waals surface area contributed by atoms with Crippen molar-refractivity contribution in [2.24, 2.45) is 0 Å². The Morgan fingerprint density at radius 3 is 2.30 bits per heavy atom. The van der Waals surface area contributed by atoms with Crippen LogP contribution in [0.25, 0.3) is 0 Å². The third-order valence-electron chi connectivity index (χ3n) is 4.21. The first kappa shape index (κ1) is 19.3. The van der Waals surface area contributed by atoms with Gasteiger partial charge < -0.3 is 14.5 Å². The highest BCUT2D eigenvalue weighted by Crippen LogP contribution is 2.30. The summed E-state index contributed by atoms with van der Waals surface area (Å²) in [5, 5.41) is 0.563. The number of nitrogens with zero attached hydrogens (tertiary/aromatic N) is 3. The number of pyridine rings is 1. The second kappa shape index (κ2) is 8.04. The van der Waals surface area contributed by atoms with Gasteiger partial charge in [0.1, 0.15) is 11.6 Å². The highest BCUT2D eigenvalue weighted by Gasteiger charge is 2.30. The Bertz CT molecular complexity index is 774. The van der Waals surface area contributed by atoms with Gasteiger partial charge in [-0.25, -0.2) is 4.98 Å². The van der Waals surface area contributed by atoms with Crippen LogP contribution in [0.4, 0.5) is 19.0 Å². The molecule has 2 heterocycles. The van der Waals surface area contributed by atoms with Gasteiger partial charge in [-0.15, -0.1) is 0 Å². The van der Waals surface area contributed by atoms with Crippen molar-refractivity contribution in [3.8, 4) is 5.75 Å². The number of piperazine rings is 1. The molecule has 27 heavy (non-hydrogen) atoms. The van der Waals surface area contributed by atoms with Crippen molar-refractivity contribution < 1.29 is 22.7 Å². The molecular weight excluding hydrogens is 383 g/mol. The smallest absolute Gasteiger partial charge is 0.416 e. The van der Waals surface area contributed by atoms with Crippen molar-refractivity contribution in [1.29, 1.82) is 0 Å². The number of halogens is 4. The number of alkyl halides is 3. The van der Waals surface area contributed by atoms with Crippen molar-refractivity contribution >= 4 is 23.3 Å². The molecule has 0 spiro atoms. The van der Waals surface area contributed by atoms with Crippen LogP contribution in [-0.4, -0.2) is 48.6 Å². The second-order valence-electron chi connectivity index (χ2n) is 6.01. The van der Waals surface area contributed by atoms with Gasteiger partial charge in [0.2, 0.25) is 0 Å². The van der Waals surface area contributed by atoms with E-state index < -0.39 is 11.7 Å². The lowest BCUT2D eigenvalue weighted by atomic mass is 10.2. The Hall–Kier alpha value is -2.48. The zero-order chi connectivity index (χ0) is 19.4. The van der Waals surface area contributed by atoms with Crippen molar-refractivity contribution in [1.82, 2.24) is 9.88 Å². The predicted molar refractivity (Wildman–Crippen MR) is 95.0 cm³/mol. The maximum absolute atomic E-state index is 12.5. The normalized spacial score (nSPS) is 15.0. The molecule has 3 rings (SSSR count). The van der Waals surface area contributed by atoms with E-state index in [0.29, 0.717) is 31.2 Å². The van der Waals surface area contributed by atoms with Crippen LogP contribution in [0.15, 0.2) is 42.6 Å². The summed E-state index contributed by atoms with van der Waals surface area (Å²) in [7, 11) is 0. The molecule has 1 aromatic heterocycles. The Morgan fingerprint density at radius 1 is 1.07 bits per heavy atom. The Morgan fingerprint density at radius 2 is 1.74 bits per heavy atom. The molecule has 2 aromatic rings. The van der Waals surface area contributed by atoms with Crippen LogP contribution in [0, 0.1) is 0 Å². The van der Waals surface area contributed by atoms with Crippen LogP contribution in [0.1, 0.15) is 5.56 Å². The predicted octanol–water partition coefficient (Wildman–Crippen LogP) is 3.48. The van der Waals surface area contributed by atoms with Gasteiger partial charge >= 0.3 is 6.18 Å². The minimum absolute atomic E-state index is 0.210. The Labute approximate surface area is 159 Å². The Kier molecular flexibility index (Phi) is 5.74. The molecule has 0 saturated carbocycles. The van der Waals surface area contributed by atoms with E-state index >= 15 is 0 Å².